The highest BCUT2D eigenvalue weighted by atomic mass is 16.5. The van der Waals surface area contributed by atoms with Crippen molar-refractivity contribution in [1.29, 1.82) is 0 Å². The van der Waals surface area contributed by atoms with Crippen LogP contribution in [0.3, 0.4) is 0 Å². The monoisotopic (exact) mass is 302 g/mol. The summed E-state index contributed by atoms with van der Waals surface area (Å²) in [5.41, 5.74) is 1.13. The van der Waals surface area contributed by atoms with E-state index < -0.39 is 0 Å². The number of ether oxygens (including phenoxy) is 1. The Morgan fingerprint density at radius 3 is 2.27 bits per heavy atom. The molecule has 0 aliphatic carbocycles. The number of carbonyl (C=O) groups is 1. The van der Waals surface area contributed by atoms with E-state index in [1.165, 1.54) is 38.5 Å². The Morgan fingerprint density at radius 1 is 0.955 bits per heavy atom. The summed E-state index contributed by atoms with van der Waals surface area (Å²) < 4.78 is 5.20. The van der Waals surface area contributed by atoms with Crippen LogP contribution in [0.2, 0.25) is 0 Å². The number of benzene rings is 1. The molecule has 0 spiro atoms. The molecule has 2 nitrogen and oxygen atoms in total. The highest BCUT2D eigenvalue weighted by Crippen LogP contribution is 2.10. The topological polar surface area (TPSA) is 26.3 Å². The fourth-order valence-corrected chi connectivity index (χ4v) is 2.36. The first-order valence-electron chi connectivity index (χ1n) is 8.70. The minimum Gasteiger partial charge on any atom is -0.461 e. The van der Waals surface area contributed by atoms with Gasteiger partial charge in [0.25, 0.3) is 0 Å². The van der Waals surface area contributed by atoms with E-state index in [0.29, 0.717) is 13.0 Å². The van der Waals surface area contributed by atoms with Crippen molar-refractivity contribution in [2.75, 3.05) is 6.61 Å². The van der Waals surface area contributed by atoms with Gasteiger partial charge in [-0.15, -0.1) is 0 Å². The highest BCUT2D eigenvalue weighted by molar-refractivity contribution is 5.69. The van der Waals surface area contributed by atoms with Gasteiger partial charge in [-0.05, 0) is 18.1 Å². The van der Waals surface area contributed by atoms with E-state index in [2.05, 4.69) is 6.92 Å². The smallest absolute Gasteiger partial charge is 0.306 e. The van der Waals surface area contributed by atoms with Gasteiger partial charge in [-0.2, -0.15) is 0 Å². The van der Waals surface area contributed by atoms with Crippen molar-refractivity contribution in [2.45, 2.75) is 64.7 Å². The van der Waals surface area contributed by atoms with Crippen LogP contribution in [0.4, 0.5) is 0 Å². The lowest BCUT2D eigenvalue weighted by Gasteiger charge is -2.03. The van der Waals surface area contributed by atoms with Crippen molar-refractivity contribution < 1.29 is 9.53 Å². The molecule has 2 heteroatoms. The SMILES string of the molecule is CCCCCCCCCCC(=O)OCC=Cc1ccccc1. The summed E-state index contributed by atoms with van der Waals surface area (Å²) in [6, 6.07) is 10.0. The summed E-state index contributed by atoms with van der Waals surface area (Å²) in [7, 11) is 0. The van der Waals surface area contributed by atoms with Gasteiger partial charge < -0.3 is 4.74 Å². The van der Waals surface area contributed by atoms with Gasteiger partial charge in [0.2, 0.25) is 0 Å². The number of hydrogen-bond donors (Lipinski definition) is 0. The molecule has 0 saturated carbocycles. The first kappa shape index (κ1) is 18.5. The Kier molecular flexibility index (Phi) is 11.0. The van der Waals surface area contributed by atoms with Crippen LogP contribution in [0.25, 0.3) is 6.08 Å². The molecule has 0 amide bonds. The lowest BCUT2D eigenvalue weighted by molar-refractivity contribution is -0.142. The van der Waals surface area contributed by atoms with Gasteiger partial charge in [-0.1, -0.05) is 88.3 Å². The molecule has 0 aliphatic heterocycles. The van der Waals surface area contributed by atoms with E-state index in [1.807, 2.05) is 42.5 Å². The molecule has 0 aliphatic rings. The normalized spacial score (nSPS) is 11.0. The van der Waals surface area contributed by atoms with Gasteiger partial charge in [0, 0.05) is 6.42 Å². The van der Waals surface area contributed by atoms with Crippen LogP contribution < -0.4 is 0 Å². The van der Waals surface area contributed by atoms with Crippen LogP contribution in [0, 0.1) is 0 Å². The molecule has 0 radical (unpaired) electrons. The number of hydrogen-bond acceptors (Lipinski definition) is 2. The molecule has 0 atom stereocenters. The minimum atomic E-state index is -0.0799. The number of rotatable bonds is 12. The molecule has 0 unspecified atom stereocenters. The van der Waals surface area contributed by atoms with Crippen molar-refractivity contribution >= 4 is 12.0 Å². The van der Waals surface area contributed by atoms with Crippen LogP contribution in [0.1, 0.15) is 70.3 Å². The van der Waals surface area contributed by atoms with Crippen molar-refractivity contribution in [3.63, 3.8) is 0 Å². The van der Waals surface area contributed by atoms with Gasteiger partial charge in [-0.3, -0.25) is 4.79 Å². The molecule has 0 aromatic heterocycles. The lowest BCUT2D eigenvalue weighted by atomic mass is 10.1. The minimum absolute atomic E-state index is 0.0799. The largest absolute Gasteiger partial charge is 0.461 e. The predicted molar refractivity (Wildman–Crippen MR) is 93.7 cm³/mol. The third kappa shape index (κ3) is 10.2. The van der Waals surface area contributed by atoms with E-state index in [9.17, 15) is 4.79 Å². The molecule has 0 saturated heterocycles. The second-order valence-electron chi connectivity index (χ2n) is 5.72. The van der Waals surface area contributed by atoms with E-state index in [0.717, 1.165) is 18.4 Å². The van der Waals surface area contributed by atoms with Crippen molar-refractivity contribution in [1.82, 2.24) is 0 Å². The molecule has 1 aromatic carbocycles. The maximum atomic E-state index is 11.6. The van der Waals surface area contributed by atoms with Crippen LogP contribution in [0.5, 0.6) is 0 Å². The molecular formula is C20H30O2. The second-order valence-corrected chi connectivity index (χ2v) is 5.72. The van der Waals surface area contributed by atoms with E-state index in [4.69, 9.17) is 4.74 Å². The third-order valence-electron chi connectivity index (χ3n) is 3.68. The first-order chi connectivity index (χ1) is 10.8. The molecular weight excluding hydrogens is 272 g/mol. The van der Waals surface area contributed by atoms with Crippen LogP contribution in [-0.2, 0) is 9.53 Å². The van der Waals surface area contributed by atoms with Crippen LogP contribution >= 0.6 is 0 Å². The zero-order chi connectivity index (χ0) is 15.9. The maximum Gasteiger partial charge on any atom is 0.306 e. The number of unbranched alkanes of at least 4 members (excludes halogenated alkanes) is 7. The molecule has 0 bridgehead atoms. The lowest BCUT2D eigenvalue weighted by Crippen LogP contribution is -2.03. The Labute approximate surface area is 135 Å². The third-order valence-corrected chi connectivity index (χ3v) is 3.68. The summed E-state index contributed by atoms with van der Waals surface area (Å²) >= 11 is 0. The van der Waals surface area contributed by atoms with Gasteiger partial charge in [0.15, 0.2) is 0 Å². The fraction of sp³-hybridized carbons (Fsp3) is 0.550. The second kappa shape index (κ2) is 13.1. The first-order valence-corrected chi connectivity index (χ1v) is 8.70. The van der Waals surface area contributed by atoms with Gasteiger partial charge >= 0.3 is 5.97 Å². The fourth-order valence-electron chi connectivity index (χ4n) is 2.36. The molecule has 122 valence electrons. The van der Waals surface area contributed by atoms with Crippen LogP contribution in [0.15, 0.2) is 36.4 Å². The zero-order valence-corrected chi connectivity index (χ0v) is 13.9. The van der Waals surface area contributed by atoms with Crippen LogP contribution in [-0.4, -0.2) is 12.6 Å². The highest BCUT2D eigenvalue weighted by Gasteiger charge is 2.01. The van der Waals surface area contributed by atoms with Gasteiger partial charge in [0.05, 0.1) is 0 Å². The van der Waals surface area contributed by atoms with Gasteiger partial charge in [-0.25, -0.2) is 0 Å². The number of esters is 1. The summed E-state index contributed by atoms with van der Waals surface area (Å²) in [4.78, 5) is 11.6. The van der Waals surface area contributed by atoms with Crippen molar-refractivity contribution in [3.8, 4) is 0 Å². The van der Waals surface area contributed by atoms with E-state index >= 15 is 0 Å². The average Bonchev–Trinajstić information content (AvgIpc) is 2.55. The molecule has 0 fully saturated rings. The van der Waals surface area contributed by atoms with Gasteiger partial charge in [0.1, 0.15) is 6.61 Å². The molecule has 0 N–H and O–H groups in total. The van der Waals surface area contributed by atoms with Crippen molar-refractivity contribution in [3.05, 3.63) is 42.0 Å². The molecule has 0 heterocycles. The summed E-state index contributed by atoms with van der Waals surface area (Å²) in [5.74, 6) is -0.0799. The summed E-state index contributed by atoms with van der Waals surface area (Å²) in [6.07, 6.45) is 14.4. The maximum absolute atomic E-state index is 11.6. The Hall–Kier alpha value is -1.57. The Balaban J connectivity index is 1.94. The summed E-state index contributed by atoms with van der Waals surface area (Å²) in [6.45, 7) is 2.60. The predicted octanol–water partition coefficient (Wildman–Crippen LogP) is 5.77. The van der Waals surface area contributed by atoms with Crippen molar-refractivity contribution in [2.24, 2.45) is 0 Å². The Bertz CT molecular complexity index is 409. The number of carbonyl (C=O) groups excluding carboxylic acids is 1. The van der Waals surface area contributed by atoms with E-state index in [-0.39, 0.29) is 5.97 Å². The standard InChI is InChI=1S/C20H30O2/c1-2-3-4-5-6-7-8-12-17-20(21)22-18-13-16-19-14-10-9-11-15-19/h9-11,13-16H,2-8,12,17-18H2,1H3. The molecule has 1 aromatic rings. The zero-order valence-electron chi connectivity index (χ0n) is 13.9. The summed E-state index contributed by atoms with van der Waals surface area (Å²) in [5, 5.41) is 0. The molecule has 22 heavy (non-hydrogen) atoms. The Morgan fingerprint density at radius 2 is 1.59 bits per heavy atom. The quantitative estimate of drug-likeness (QED) is 0.362. The average molecular weight is 302 g/mol. The van der Waals surface area contributed by atoms with E-state index in [1.54, 1.807) is 0 Å². The molecule has 1 rings (SSSR count).